The summed E-state index contributed by atoms with van der Waals surface area (Å²) in [6, 6.07) is 3.81. The molecule has 0 amide bonds. The van der Waals surface area contributed by atoms with E-state index in [0.29, 0.717) is 5.82 Å². The number of fused-ring (bicyclic) bond motifs is 3. The third-order valence-electron chi connectivity index (χ3n) is 3.64. The summed E-state index contributed by atoms with van der Waals surface area (Å²) < 4.78 is 0. The van der Waals surface area contributed by atoms with Crippen molar-refractivity contribution in [3.05, 3.63) is 35.0 Å². The van der Waals surface area contributed by atoms with Crippen molar-refractivity contribution < 1.29 is 0 Å². The van der Waals surface area contributed by atoms with Crippen LogP contribution in [-0.4, -0.2) is 15.0 Å². The van der Waals surface area contributed by atoms with Gasteiger partial charge in [-0.15, -0.1) is 11.3 Å². The molecule has 1 aliphatic rings. The molecular weight excluding hydrogens is 270 g/mol. The van der Waals surface area contributed by atoms with Crippen LogP contribution in [0.2, 0.25) is 0 Å². The van der Waals surface area contributed by atoms with Gasteiger partial charge in [0.15, 0.2) is 11.6 Å². The van der Waals surface area contributed by atoms with Gasteiger partial charge in [0.1, 0.15) is 4.83 Å². The van der Waals surface area contributed by atoms with Gasteiger partial charge in [-0.2, -0.15) is 0 Å². The highest BCUT2D eigenvalue weighted by Gasteiger charge is 2.22. The fourth-order valence-electron chi connectivity index (χ4n) is 2.73. The summed E-state index contributed by atoms with van der Waals surface area (Å²) >= 11 is 1.76. The highest BCUT2D eigenvalue weighted by molar-refractivity contribution is 7.19. The molecule has 0 saturated heterocycles. The molecule has 6 heteroatoms. The first-order valence-corrected chi connectivity index (χ1v) is 7.38. The van der Waals surface area contributed by atoms with Gasteiger partial charge in [-0.25, -0.2) is 15.8 Å². The van der Waals surface area contributed by atoms with Crippen molar-refractivity contribution in [2.45, 2.75) is 19.3 Å². The lowest BCUT2D eigenvalue weighted by molar-refractivity contribution is 0.917. The first-order chi connectivity index (χ1) is 9.86. The molecule has 1 aliphatic carbocycles. The summed E-state index contributed by atoms with van der Waals surface area (Å²) in [7, 11) is 0. The van der Waals surface area contributed by atoms with Crippen LogP contribution in [0.3, 0.4) is 0 Å². The summed E-state index contributed by atoms with van der Waals surface area (Å²) in [5.41, 5.74) is 5.06. The zero-order valence-corrected chi connectivity index (χ0v) is 11.6. The van der Waals surface area contributed by atoms with E-state index in [9.17, 15) is 0 Å². The Kier molecular flexibility index (Phi) is 2.64. The molecule has 100 valence electrons. The van der Waals surface area contributed by atoms with E-state index in [1.807, 2.05) is 12.1 Å². The number of hydrazine groups is 1. The van der Waals surface area contributed by atoms with Crippen molar-refractivity contribution >= 4 is 27.4 Å². The van der Waals surface area contributed by atoms with E-state index in [1.165, 1.54) is 16.9 Å². The number of hydrogen-bond donors (Lipinski definition) is 2. The number of aromatic nitrogens is 3. The number of nitrogens with one attached hydrogen (secondary N) is 1. The summed E-state index contributed by atoms with van der Waals surface area (Å²) in [5.74, 6) is 7.08. The van der Waals surface area contributed by atoms with Gasteiger partial charge in [0, 0.05) is 22.8 Å². The summed E-state index contributed by atoms with van der Waals surface area (Å²) in [6.07, 6.45) is 6.94. The van der Waals surface area contributed by atoms with E-state index in [1.54, 1.807) is 23.7 Å². The minimum Gasteiger partial charge on any atom is -0.308 e. The molecule has 0 bridgehead atoms. The first kappa shape index (κ1) is 11.7. The minimum absolute atomic E-state index is 0.688. The maximum absolute atomic E-state index is 5.67. The van der Waals surface area contributed by atoms with E-state index in [4.69, 9.17) is 10.8 Å². The predicted octanol–water partition coefficient (Wildman–Crippen LogP) is 2.53. The van der Waals surface area contributed by atoms with Gasteiger partial charge in [-0.05, 0) is 37.0 Å². The number of nitrogen functional groups attached to an aromatic ring is 1. The fourth-order valence-corrected chi connectivity index (χ4v) is 3.99. The van der Waals surface area contributed by atoms with Crippen molar-refractivity contribution in [2.75, 3.05) is 5.43 Å². The van der Waals surface area contributed by atoms with Gasteiger partial charge in [-0.3, -0.25) is 4.98 Å². The van der Waals surface area contributed by atoms with Gasteiger partial charge < -0.3 is 5.43 Å². The van der Waals surface area contributed by atoms with Gasteiger partial charge in [-0.1, -0.05) is 0 Å². The Labute approximate surface area is 119 Å². The Balaban J connectivity index is 1.98. The first-order valence-electron chi connectivity index (χ1n) is 6.56. The molecule has 3 aromatic heterocycles. The molecule has 0 aromatic carbocycles. The second-order valence-electron chi connectivity index (χ2n) is 4.81. The number of rotatable bonds is 2. The second-order valence-corrected chi connectivity index (χ2v) is 5.90. The zero-order valence-electron chi connectivity index (χ0n) is 10.8. The maximum atomic E-state index is 5.67. The summed E-state index contributed by atoms with van der Waals surface area (Å²) in [4.78, 5) is 15.7. The van der Waals surface area contributed by atoms with Gasteiger partial charge in [0.2, 0.25) is 0 Å². The second kappa shape index (κ2) is 4.50. The SMILES string of the molecule is NNc1nc(-c2ccncc2)nc2sc3c(c12)CCC3. The Morgan fingerprint density at radius 2 is 2.00 bits per heavy atom. The average Bonchev–Trinajstić information content (AvgIpc) is 3.07. The Hall–Kier alpha value is -2.05. The van der Waals surface area contributed by atoms with E-state index in [-0.39, 0.29) is 0 Å². The van der Waals surface area contributed by atoms with Crippen LogP contribution in [0.4, 0.5) is 5.82 Å². The number of hydrogen-bond acceptors (Lipinski definition) is 6. The lowest BCUT2D eigenvalue weighted by Crippen LogP contribution is -2.10. The molecule has 5 nitrogen and oxygen atoms in total. The van der Waals surface area contributed by atoms with Crippen molar-refractivity contribution in [1.82, 2.24) is 15.0 Å². The third kappa shape index (κ3) is 1.69. The number of aryl methyl sites for hydroxylation is 2. The molecule has 0 spiro atoms. The van der Waals surface area contributed by atoms with Crippen LogP contribution >= 0.6 is 11.3 Å². The molecule has 0 radical (unpaired) electrons. The lowest BCUT2D eigenvalue weighted by Gasteiger charge is -2.06. The lowest BCUT2D eigenvalue weighted by atomic mass is 10.2. The molecule has 3 aromatic rings. The molecular formula is C14H13N5S. The smallest absolute Gasteiger partial charge is 0.163 e. The standard InChI is InChI=1S/C14H13N5S/c15-19-13-11-9-2-1-3-10(9)20-14(11)18-12(17-13)8-4-6-16-7-5-8/h4-7H,1-3,15H2,(H,17,18,19). The van der Waals surface area contributed by atoms with E-state index in [0.717, 1.165) is 34.4 Å². The van der Waals surface area contributed by atoms with Crippen molar-refractivity contribution in [1.29, 1.82) is 0 Å². The van der Waals surface area contributed by atoms with E-state index < -0.39 is 0 Å². The number of anilines is 1. The Morgan fingerprint density at radius 3 is 2.80 bits per heavy atom. The average molecular weight is 283 g/mol. The minimum atomic E-state index is 0.688. The largest absolute Gasteiger partial charge is 0.308 e. The van der Waals surface area contributed by atoms with E-state index in [2.05, 4.69) is 15.4 Å². The maximum Gasteiger partial charge on any atom is 0.163 e. The molecule has 0 atom stereocenters. The van der Waals surface area contributed by atoms with Crippen molar-refractivity contribution in [2.24, 2.45) is 5.84 Å². The predicted molar refractivity (Wildman–Crippen MR) is 80.5 cm³/mol. The third-order valence-corrected chi connectivity index (χ3v) is 4.83. The molecule has 0 unspecified atom stereocenters. The highest BCUT2D eigenvalue weighted by atomic mass is 32.1. The van der Waals surface area contributed by atoms with Crippen LogP contribution in [-0.2, 0) is 12.8 Å². The van der Waals surface area contributed by atoms with Crippen LogP contribution in [0.15, 0.2) is 24.5 Å². The topological polar surface area (TPSA) is 76.7 Å². The molecule has 0 fully saturated rings. The Morgan fingerprint density at radius 1 is 1.15 bits per heavy atom. The van der Waals surface area contributed by atoms with Crippen LogP contribution < -0.4 is 11.3 Å². The monoisotopic (exact) mass is 283 g/mol. The van der Waals surface area contributed by atoms with Crippen molar-refractivity contribution in [3.63, 3.8) is 0 Å². The zero-order chi connectivity index (χ0) is 13.5. The van der Waals surface area contributed by atoms with E-state index >= 15 is 0 Å². The van der Waals surface area contributed by atoms with Crippen LogP contribution in [0.25, 0.3) is 21.6 Å². The highest BCUT2D eigenvalue weighted by Crippen LogP contribution is 2.40. The summed E-state index contributed by atoms with van der Waals surface area (Å²) in [6.45, 7) is 0. The van der Waals surface area contributed by atoms with Crippen LogP contribution in [0, 0.1) is 0 Å². The van der Waals surface area contributed by atoms with Crippen molar-refractivity contribution in [3.8, 4) is 11.4 Å². The van der Waals surface area contributed by atoms with Gasteiger partial charge >= 0.3 is 0 Å². The Bertz CT molecular complexity index is 781. The van der Waals surface area contributed by atoms with Gasteiger partial charge in [0.05, 0.1) is 5.39 Å². The van der Waals surface area contributed by atoms with Gasteiger partial charge in [0.25, 0.3) is 0 Å². The van der Waals surface area contributed by atoms with Crippen LogP contribution in [0.1, 0.15) is 16.9 Å². The number of nitrogens with zero attached hydrogens (tertiary/aromatic N) is 3. The normalized spacial score (nSPS) is 13.7. The molecule has 0 aliphatic heterocycles. The van der Waals surface area contributed by atoms with Crippen LogP contribution in [0.5, 0.6) is 0 Å². The molecule has 3 N–H and O–H groups in total. The number of nitrogens with two attached hydrogens (primary N) is 1. The molecule has 0 saturated carbocycles. The molecule has 20 heavy (non-hydrogen) atoms. The number of pyridine rings is 1. The molecule has 4 rings (SSSR count). The fraction of sp³-hybridized carbons (Fsp3) is 0.214. The number of thiophene rings is 1. The molecule has 3 heterocycles. The quantitative estimate of drug-likeness (QED) is 0.558. The summed E-state index contributed by atoms with van der Waals surface area (Å²) in [5, 5.41) is 1.10.